The molecule has 0 unspecified atom stereocenters. The van der Waals surface area contributed by atoms with Crippen LogP contribution in [0, 0.1) is 0 Å². The highest BCUT2D eigenvalue weighted by Gasteiger charge is 2.13. The van der Waals surface area contributed by atoms with Gasteiger partial charge in [0.2, 0.25) is 6.79 Å². The van der Waals surface area contributed by atoms with Crippen LogP contribution in [0.4, 0.5) is 0 Å². The van der Waals surface area contributed by atoms with Crippen molar-refractivity contribution < 1.29 is 28.5 Å². The molecule has 0 saturated carbocycles. The summed E-state index contributed by atoms with van der Waals surface area (Å²) in [5.74, 6) is 1.15. The molecule has 0 aliphatic carbocycles. The van der Waals surface area contributed by atoms with Crippen molar-refractivity contribution in [2.24, 2.45) is 0 Å². The third kappa shape index (κ3) is 8.33. The van der Waals surface area contributed by atoms with E-state index in [1.165, 1.54) is 0 Å². The lowest BCUT2D eigenvalue weighted by Gasteiger charge is -2.06. The molecule has 2 rings (SSSR count). The van der Waals surface area contributed by atoms with Gasteiger partial charge in [0.15, 0.2) is 11.5 Å². The Morgan fingerprint density at radius 2 is 1.52 bits per heavy atom. The first kappa shape index (κ1) is 21.1. The zero-order chi connectivity index (χ0) is 19.3. The minimum atomic E-state index is -0.175. The van der Waals surface area contributed by atoms with Crippen molar-refractivity contribution in [3.8, 4) is 11.5 Å². The molecule has 1 heterocycles. The normalized spacial score (nSPS) is 12.0. The van der Waals surface area contributed by atoms with Gasteiger partial charge in [-0.15, -0.1) is 0 Å². The number of hydrogen-bond donors (Lipinski definition) is 0. The molecule has 6 nitrogen and oxygen atoms in total. The molecular weight excluding hydrogens is 348 g/mol. The average Bonchev–Trinajstić information content (AvgIpc) is 3.14. The molecule has 0 N–H and O–H groups in total. The summed E-state index contributed by atoms with van der Waals surface area (Å²) in [6.45, 7) is 3.00. The lowest BCUT2D eigenvalue weighted by Crippen LogP contribution is -2.05. The summed E-state index contributed by atoms with van der Waals surface area (Å²) < 4.78 is 20.9. The zero-order valence-corrected chi connectivity index (χ0v) is 16.2. The predicted molar refractivity (Wildman–Crippen MR) is 101 cm³/mol. The van der Waals surface area contributed by atoms with Gasteiger partial charge in [0.05, 0.1) is 6.61 Å². The smallest absolute Gasteiger partial charge is 0.306 e. The number of carbonyl (C=O) groups excluding carboxylic acids is 2. The van der Waals surface area contributed by atoms with Crippen LogP contribution >= 0.6 is 0 Å². The number of unbranched alkanes of at least 4 members (excludes halogenated alkanes) is 5. The molecule has 1 aliphatic heterocycles. The molecule has 0 aromatic heterocycles. The van der Waals surface area contributed by atoms with E-state index in [9.17, 15) is 9.59 Å². The third-order valence-corrected chi connectivity index (χ3v) is 4.32. The quantitative estimate of drug-likeness (QED) is 0.371. The van der Waals surface area contributed by atoms with E-state index in [2.05, 4.69) is 0 Å². The highest BCUT2D eigenvalue weighted by atomic mass is 16.7. The molecule has 0 spiro atoms. The molecule has 0 amide bonds. The van der Waals surface area contributed by atoms with Crippen molar-refractivity contribution >= 4 is 11.9 Å². The first-order valence-electron chi connectivity index (χ1n) is 9.89. The summed E-state index contributed by atoms with van der Waals surface area (Å²) in [6.07, 6.45) is 7.69. The number of ether oxygens (including phenoxy) is 4. The number of benzene rings is 1. The number of hydrogen-bond acceptors (Lipinski definition) is 6. The minimum Gasteiger partial charge on any atom is -0.466 e. The van der Waals surface area contributed by atoms with E-state index < -0.39 is 0 Å². The van der Waals surface area contributed by atoms with Crippen LogP contribution in [0.1, 0.15) is 70.3 Å². The summed E-state index contributed by atoms with van der Waals surface area (Å²) in [4.78, 5) is 23.2. The van der Waals surface area contributed by atoms with Gasteiger partial charge in [0.25, 0.3) is 0 Å². The largest absolute Gasteiger partial charge is 0.466 e. The molecule has 0 saturated heterocycles. The zero-order valence-electron chi connectivity index (χ0n) is 16.2. The number of fused-ring (bicyclic) bond motifs is 1. The Morgan fingerprint density at radius 3 is 2.22 bits per heavy atom. The Bertz CT molecular complexity index is 598. The van der Waals surface area contributed by atoms with Crippen LogP contribution in [0.5, 0.6) is 11.5 Å². The summed E-state index contributed by atoms with van der Waals surface area (Å²) >= 11 is 0. The van der Waals surface area contributed by atoms with Gasteiger partial charge in [-0.05, 0) is 37.0 Å². The lowest BCUT2D eigenvalue weighted by molar-refractivity contribution is -0.145. The number of carbonyl (C=O) groups is 2. The van der Waals surface area contributed by atoms with Gasteiger partial charge in [0, 0.05) is 12.8 Å². The van der Waals surface area contributed by atoms with Gasteiger partial charge in [-0.3, -0.25) is 9.59 Å². The van der Waals surface area contributed by atoms with Gasteiger partial charge in [-0.2, -0.15) is 0 Å². The van der Waals surface area contributed by atoms with E-state index >= 15 is 0 Å². The Labute approximate surface area is 161 Å². The maximum absolute atomic E-state index is 11.8. The summed E-state index contributed by atoms with van der Waals surface area (Å²) in [5.41, 5.74) is 0.894. The van der Waals surface area contributed by atoms with Crippen LogP contribution in [0.25, 0.3) is 0 Å². The molecular formula is C21H30O6. The second-order valence-electron chi connectivity index (χ2n) is 6.69. The van der Waals surface area contributed by atoms with E-state index in [0.717, 1.165) is 56.3 Å². The van der Waals surface area contributed by atoms with Crippen molar-refractivity contribution in [2.45, 2.75) is 71.3 Å². The Morgan fingerprint density at radius 1 is 0.889 bits per heavy atom. The van der Waals surface area contributed by atoms with Crippen molar-refractivity contribution in [1.29, 1.82) is 0 Å². The lowest BCUT2D eigenvalue weighted by atomic mass is 10.1. The van der Waals surface area contributed by atoms with Crippen molar-refractivity contribution in [3.63, 3.8) is 0 Å². The highest BCUT2D eigenvalue weighted by Crippen LogP contribution is 2.32. The molecule has 0 fully saturated rings. The van der Waals surface area contributed by atoms with Crippen LogP contribution in [-0.2, 0) is 25.7 Å². The van der Waals surface area contributed by atoms with Gasteiger partial charge >= 0.3 is 11.9 Å². The summed E-state index contributed by atoms with van der Waals surface area (Å²) in [7, 11) is 0. The first-order valence-corrected chi connectivity index (χ1v) is 9.89. The fraction of sp³-hybridized carbons (Fsp3) is 0.619. The van der Waals surface area contributed by atoms with Crippen LogP contribution in [-0.4, -0.2) is 25.3 Å². The SMILES string of the molecule is CCCOC(=O)CCCCCCCCC(=O)OCc1ccc2c(c1)OCO2. The molecule has 27 heavy (non-hydrogen) atoms. The Balaban J connectivity index is 1.44. The molecule has 6 heteroatoms. The fourth-order valence-corrected chi connectivity index (χ4v) is 2.80. The van der Waals surface area contributed by atoms with Crippen molar-refractivity contribution in [1.82, 2.24) is 0 Å². The van der Waals surface area contributed by atoms with Crippen LogP contribution in [0.15, 0.2) is 18.2 Å². The van der Waals surface area contributed by atoms with Gasteiger partial charge in [-0.25, -0.2) is 0 Å². The monoisotopic (exact) mass is 378 g/mol. The van der Waals surface area contributed by atoms with Gasteiger partial charge < -0.3 is 18.9 Å². The summed E-state index contributed by atoms with van der Waals surface area (Å²) in [6, 6.07) is 5.54. The Hall–Kier alpha value is -2.24. The first-order chi connectivity index (χ1) is 13.2. The number of esters is 2. The van der Waals surface area contributed by atoms with Crippen molar-refractivity contribution in [3.05, 3.63) is 23.8 Å². The van der Waals surface area contributed by atoms with E-state index in [0.29, 0.717) is 25.2 Å². The van der Waals surface area contributed by atoms with E-state index in [-0.39, 0.29) is 25.3 Å². The summed E-state index contributed by atoms with van der Waals surface area (Å²) in [5, 5.41) is 0. The topological polar surface area (TPSA) is 71.1 Å². The maximum Gasteiger partial charge on any atom is 0.306 e. The molecule has 1 aliphatic rings. The second kappa shape index (κ2) is 12.2. The van der Waals surface area contributed by atoms with E-state index in [1.807, 2.05) is 25.1 Å². The second-order valence-corrected chi connectivity index (χ2v) is 6.69. The molecule has 1 aromatic carbocycles. The fourth-order valence-electron chi connectivity index (χ4n) is 2.80. The number of rotatable bonds is 13. The van der Waals surface area contributed by atoms with Crippen LogP contribution in [0.2, 0.25) is 0 Å². The van der Waals surface area contributed by atoms with Crippen LogP contribution in [0.3, 0.4) is 0 Å². The maximum atomic E-state index is 11.8. The molecule has 0 atom stereocenters. The Kier molecular flexibility index (Phi) is 9.52. The molecule has 150 valence electrons. The predicted octanol–water partition coefficient (Wildman–Crippen LogP) is 4.53. The average molecular weight is 378 g/mol. The highest BCUT2D eigenvalue weighted by molar-refractivity contribution is 5.69. The standard InChI is InChI=1S/C21H30O6/c1-2-13-24-20(22)9-7-5-3-4-6-8-10-21(23)25-15-17-11-12-18-19(14-17)27-16-26-18/h11-12,14H,2-10,13,15-16H2,1H3. The van der Waals surface area contributed by atoms with Gasteiger partial charge in [0.1, 0.15) is 6.61 Å². The molecule has 0 bridgehead atoms. The minimum absolute atomic E-state index is 0.0953. The van der Waals surface area contributed by atoms with Gasteiger partial charge in [-0.1, -0.05) is 38.7 Å². The van der Waals surface area contributed by atoms with E-state index in [1.54, 1.807) is 0 Å². The van der Waals surface area contributed by atoms with Crippen molar-refractivity contribution in [2.75, 3.05) is 13.4 Å². The molecule has 0 radical (unpaired) electrons. The van der Waals surface area contributed by atoms with Crippen LogP contribution < -0.4 is 9.47 Å². The molecule has 1 aromatic rings. The third-order valence-electron chi connectivity index (χ3n) is 4.32. The van der Waals surface area contributed by atoms with E-state index in [4.69, 9.17) is 18.9 Å².